The van der Waals surface area contributed by atoms with Crippen LogP contribution in [-0.2, 0) is 6.54 Å². The Morgan fingerprint density at radius 2 is 2.67 bits per heavy atom. The minimum Gasteiger partial charge on any atom is -0.290 e. The van der Waals surface area contributed by atoms with Gasteiger partial charge in [0.2, 0.25) is 0 Å². The molecule has 0 radical (unpaired) electrons. The minimum atomic E-state index is 0.761. The summed E-state index contributed by atoms with van der Waals surface area (Å²) in [7, 11) is 0. The van der Waals surface area contributed by atoms with Crippen molar-refractivity contribution in [1.82, 2.24) is 9.78 Å². The lowest BCUT2D eigenvalue weighted by atomic mass is 10.6. The molecule has 0 bridgehead atoms. The summed E-state index contributed by atoms with van der Waals surface area (Å²) in [4.78, 5) is 0. The number of hydrogen-bond acceptors (Lipinski definition) is 1. The first-order valence-corrected chi connectivity index (χ1v) is 3.10. The Morgan fingerprint density at radius 3 is 3.11 bits per heavy atom. The standard InChI is InChI=1S/C6H8N2S/c1-2-4-8-5-3-6(9)7-8/h2-3,5H,1,4H2,(H,7,9). The van der Waals surface area contributed by atoms with Crippen LogP contribution in [0, 0.1) is 4.64 Å². The Balaban J connectivity index is 2.84. The normalized spacial score (nSPS) is 9.33. The lowest BCUT2D eigenvalue weighted by Gasteiger charge is -1.92. The molecule has 1 aromatic rings. The smallest absolute Gasteiger partial charge is 0.119 e. The molecule has 2 nitrogen and oxygen atoms in total. The van der Waals surface area contributed by atoms with E-state index in [0.29, 0.717) is 0 Å². The number of rotatable bonds is 2. The zero-order chi connectivity index (χ0) is 6.69. The van der Waals surface area contributed by atoms with Gasteiger partial charge in [0.15, 0.2) is 0 Å². The molecule has 0 aliphatic carbocycles. The molecule has 0 saturated heterocycles. The number of hydrogen-bond donors (Lipinski definition) is 1. The summed E-state index contributed by atoms with van der Waals surface area (Å²) in [5.74, 6) is 0. The fourth-order valence-electron chi connectivity index (χ4n) is 0.619. The molecule has 0 aliphatic heterocycles. The molecule has 0 atom stereocenters. The van der Waals surface area contributed by atoms with Crippen LogP contribution in [0.1, 0.15) is 0 Å². The molecule has 1 rings (SSSR count). The van der Waals surface area contributed by atoms with Crippen molar-refractivity contribution in [3.8, 4) is 0 Å². The van der Waals surface area contributed by atoms with E-state index in [2.05, 4.69) is 11.7 Å². The lowest BCUT2D eigenvalue weighted by molar-refractivity contribution is 0.699. The van der Waals surface area contributed by atoms with Crippen LogP contribution in [0.5, 0.6) is 0 Å². The third kappa shape index (κ3) is 1.54. The summed E-state index contributed by atoms with van der Waals surface area (Å²) in [6, 6.07) is 1.85. The summed E-state index contributed by atoms with van der Waals surface area (Å²) < 4.78 is 2.63. The van der Waals surface area contributed by atoms with Gasteiger partial charge in [0.25, 0.3) is 0 Å². The van der Waals surface area contributed by atoms with E-state index < -0.39 is 0 Å². The van der Waals surface area contributed by atoms with Gasteiger partial charge in [0.1, 0.15) is 4.64 Å². The molecular formula is C6H8N2S. The largest absolute Gasteiger partial charge is 0.290 e. The molecule has 0 spiro atoms. The summed E-state index contributed by atoms with van der Waals surface area (Å²) in [5.41, 5.74) is 0. The molecule has 0 unspecified atom stereocenters. The van der Waals surface area contributed by atoms with Gasteiger partial charge in [-0.3, -0.25) is 9.78 Å². The van der Waals surface area contributed by atoms with Gasteiger partial charge in [0, 0.05) is 6.20 Å². The highest BCUT2D eigenvalue weighted by Crippen LogP contribution is 1.87. The molecule has 0 amide bonds. The summed E-state index contributed by atoms with van der Waals surface area (Å²) in [5, 5.41) is 2.94. The number of aromatic amines is 1. The van der Waals surface area contributed by atoms with Gasteiger partial charge in [-0.05, 0) is 6.07 Å². The fraction of sp³-hybridized carbons (Fsp3) is 0.167. The molecule has 0 aliphatic rings. The predicted molar refractivity (Wildman–Crippen MR) is 39.8 cm³/mol. The molecule has 1 aromatic heterocycles. The van der Waals surface area contributed by atoms with E-state index in [4.69, 9.17) is 12.2 Å². The van der Waals surface area contributed by atoms with E-state index in [0.717, 1.165) is 11.2 Å². The van der Waals surface area contributed by atoms with Crippen molar-refractivity contribution in [2.45, 2.75) is 6.54 Å². The predicted octanol–water partition coefficient (Wildman–Crippen LogP) is 1.73. The Hall–Kier alpha value is -0.830. The van der Waals surface area contributed by atoms with Crippen molar-refractivity contribution in [3.63, 3.8) is 0 Å². The maximum atomic E-state index is 4.84. The third-order valence-electron chi connectivity index (χ3n) is 0.985. The average molecular weight is 140 g/mol. The second kappa shape index (κ2) is 2.64. The monoisotopic (exact) mass is 140 g/mol. The van der Waals surface area contributed by atoms with Crippen molar-refractivity contribution in [2.75, 3.05) is 0 Å². The molecule has 0 fully saturated rings. The van der Waals surface area contributed by atoms with Crippen LogP contribution >= 0.6 is 12.2 Å². The van der Waals surface area contributed by atoms with Gasteiger partial charge in [0.05, 0.1) is 6.54 Å². The highest BCUT2D eigenvalue weighted by Gasteiger charge is 1.82. The molecule has 9 heavy (non-hydrogen) atoms. The minimum absolute atomic E-state index is 0.761. The number of aromatic nitrogens is 2. The van der Waals surface area contributed by atoms with E-state index in [1.807, 2.05) is 23.0 Å². The van der Waals surface area contributed by atoms with Crippen LogP contribution in [0.2, 0.25) is 0 Å². The molecule has 3 heteroatoms. The average Bonchev–Trinajstić information content (AvgIpc) is 2.17. The number of nitrogens with zero attached hydrogens (tertiary/aromatic N) is 1. The van der Waals surface area contributed by atoms with Gasteiger partial charge in [-0.25, -0.2) is 0 Å². The molecule has 1 heterocycles. The Kier molecular flexibility index (Phi) is 1.85. The first-order chi connectivity index (χ1) is 4.33. The van der Waals surface area contributed by atoms with Crippen LogP contribution in [0.25, 0.3) is 0 Å². The quantitative estimate of drug-likeness (QED) is 0.490. The fourth-order valence-corrected chi connectivity index (χ4v) is 0.797. The van der Waals surface area contributed by atoms with E-state index in [9.17, 15) is 0 Å². The van der Waals surface area contributed by atoms with Crippen molar-refractivity contribution in [2.24, 2.45) is 0 Å². The van der Waals surface area contributed by atoms with Gasteiger partial charge < -0.3 is 0 Å². The Morgan fingerprint density at radius 1 is 1.89 bits per heavy atom. The SMILES string of the molecule is C=CCn1ccc(=S)[nH]1. The Labute approximate surface area is 58.8 Å². The van der Waals surface area contributed by atoms with Crippen LogP contribution in [0.4, 0.5) is 0 Å². The number of nitrogens with one attached hydrogen (secondary N) is 1. The highest BCUT2D eigenvalue weighted by molar-refractivity contribution is 7.71. The van der Waals surface area contributed by atoms with Crippen molar-refractivity contribution in [1.29, 1.82) is 0 Å². The maximum Gasteiger partial charge on any atom is 0.119 e. The van der Waals surface area contributed by atoms with Crippen LogP contribution in [-0.4, -0.2) is 9.78 Å². The molecule has 1 N–H and O–H groups in total. The summed E-state index contributed by atoms with van der Waals surface area (Å²) in [6.45, 7) is 4.38. The van der Waals surface area contributed by atoms with Crippen LogP contribution in [0.3, 0.4) is 0 Å². The van der Waals surface area contributed by atoms with Crippen LogP contribution in [0.15, 0.2) is 24.9 Å². The molecule has 0 aromatic carbocycles. The second-order valence-corrected chi connectivity index (χ2v) is 2.17. The van der Waals surface area contributed by atoms with Crippen molar-refractivity contribution in [3.05, 3.63) is 29.6 Å². The summed E-state index contributed by atoms with van der Waals surface area (Å²) >= 11 is 4.84. The first kappa shape index (κ1) is 6.29. The van der Waals surface area contributed by atoms with Crippen LogP contribution < -0.4 is 0 Å². The topological polar surface area (TPSA) is 20.7 Å². The zero-order valence-electron chi connectivity index (χ0n) is 5.00. The van der Waals surface area contributed by atoms with Gasteiger partial charge >= 0.3 is 0 Å². The van der Waals surface area contributed by atoms with E-state index in [-0.39, 0.29) is 0 Å². The van der Waals surface area contributed by atoms with E-state index in [1.54, 1.807) is 0 Å². The third-order valence-corrected chi connectivity index (χ3v) is 1.21. The van der Waals surface area contributed by atoms with Gasteiger partial charge in [-0.15, -0.1) is 6.58 Å². The lowest BCUT2D eigenvalue weighted by Crippen LogP contribution is -1.93. The molecule has 48 valence electrons. The second-order valence-electron chi connectivity index (χ2n) is 1.73. The number of allylic oxidation sites excluding steroid dienone is 1. The van der Waals surface area contributed by atoms with Gasteiger partial charge in [-0.2, -0.15) is 0 Å². The highest BCUT2D eigenvalue weighted by atomic mass is 32.1. The Bertz CT molecular complexity index is 246. The van der Waals surface area contributed by atoms with Gasteiger partial charge in [-0.1, -0.05) is 18.3 Å². The molecular weight excluding hydrogens is 132 g/mol. The molecule has 0 saturated carbocycles. The first-order valence-electron chi connectivity index (χ1n) is 2.69. The zero-order valence-corrected chi connectivity index (χ0v) is 5.82. The van der Waals surface area contributed by atoms with E-state index in [1.165, 1.54) is 0 Å². The summed E-state index contributed by atoms with van der Waals surface area (Å²) in [6.07, 6.45) is 3.70. The van der Waals surface area contributed by atoms with E-state index >= 15 is 0 Å². The van der Waals surface area contributed by atoms with Crippen molar-refractivity contribution >= 4 is 12.2 Å². The number of H-pyrrole nitrogens is 1. The maximum absolute atomic E-state index is 4.84. The van der Waals surface area contributed by atoms with Crippen molar-refractivity contribution < 1.29 is 0 Å².